The molecule has 1 aliphatic carbocycles. The van der Waals surface area contributed by atoms with Gasteiger partial charge in [-0.1, -0.05) is 48.4 Å². The number of unbranched alkanes of at least 4 members (excludes halogenated alkanes) is 3. The molecule has 11 nitrogen and oxygen atoms in total. The van der Waals surface area contributed by atoms with E-state index >= 15 is 0 Å². The number of pyridine rings is 1. The van der Waals surface area contributed by atoms with E-state index in [0.29, 0.717) is 34.3 Å². The van der Waals surface area contributed by atoms with Gasteiger partial charge in [0, 0.05) is 55.3 Å². The standard InChI is InChI=1S/C34H38ClN3O8S/c1-38(18-20-47(43,44)45)29(39)8-4-2-3-5-9-30(40)46-19-6-7-24-14-17-28-32(31(24)25-12-13-25)33(41)27(22-36-28)34(42)37-21-23-10-15-26(35)16-11-23/h10-11,14-17,22,25H,2-5,8-9,12-13,18-21H2,1H3,(H,36,41)(H,37,42)(H,43,44,45). The van der Waals surface area contributed by atoms with E-state index < -0.39 is 21.8 Å². The highest BCUT2D eigenvalue weighted by molar-refractivity contribution is 7.85. The third-order valence-electron chi connectivity index (χ3n) is 7.85. The number of ether oxygens (including phenoxy) is 1. The highest BCUT2D eigenvalue weighted by Gasteiger charge is 2.30. The Hall–Kier alpha value is -4.18. The minimum Gasteiger partial charge on any atom is -0.452 e. The van der Waals surface area contributed by atoms with Crippen LogP contribution in [-0.4, -0.2) is 66.6 Å². The Morgan fingerprint density at radius 2 is 1.77 bits per heavy atom. The molecule has 2 aromatic carbocycles. The molecule has 2 amide bonds. The summed E-state index contributed by atoms with van der Waals surface area (Å²) in [5, 5.41) is 3.84. The maximum absolute atomic E-state index is 13.6. The molecule has 3 N–H and O–H groups in total. The van der Waals surface area contributed by atoms with Crippen molar-refractivity contribution in [2.24, 2.45) is 0 Å². The molecule has 1 saturated carbocycles. The van der Waals surface area contributed by atoms with E-state index in [0.717, 1.165) is 36.8 Å². The predicted octanol–water partition coefficient (Wildman–Crippen LogP) is 4.57. The Morgan fingerprint density at radius 1 is 1.06 bits per heavy atom. The average Bonchev–Trinajstić information content (AvgIpc) is 3.88. The first-order chi connectivity index (χ1) is 22.4. The van der Waals surface area contributed by atoms with Crippen LogP contribution in [-0.2, 0) is 31.0 Å². The number of aromatic amines is 1. The molecule has 4 rings (SSSR count). The summed E-state index contributed by atoms with van der Waals surface area (Å²) < 4.78 is 35.7. The highest BCUT2D eigenvalue weighted by Crippen LogP contribution is 2.43. The van der Waals surface area contributed by atoms with E-state index in [1.807, 2.05) is 6.07 Å². The fourth-order valence-corrected chi connectivity index (χ4v) is 5.71. The van der Waals surface area contributed by atoms with Crippen LogP contribution in [0.4, 0.5) is 0 Å². The second-order valence-corrected chi connectivity index (χ2v) is 13.6. The number of hydrogen-bond acceptors (Lipinski definition) is 7. The number of esters is 1. The number of aromatic nitrogens is 1. The second-order valence-electron chi connectivity index (χ2n) is 11.5. The number of carbonyl (C=O) groups is 3. The van der Waals surface area contributed by atoms with Crippen LogP contribution in [0, 0.1) is 11.8 Å². The number of halogens is 1. The lowest BCUT2D eigenvalue weighted by molar-refractivity contribution is -0.142. The third-order valence-corrected chi connectivity index (χ3v) is 8.80. The molecule has 1 aromatic heterocycles. The molecule has 0 aliphatic heterocycles. The summed E-state index contributed by atoms with van der Waals surface area (Å²) >= 11 is 5.93. The Kier molecular flexibility index (Phi) is 12.6. The quantitative estimate of drug-likeness (QED) is 0.0908. The molecular formula is C34H38ClN3O8S. The molecule has 1 heterocycles. The molecule has 0 unspecified atom stereocenters. The van der Waals surface area contributed by atoms with Crippen LogP contribution >= 0.6 is 11.6 Å². The van der Waals surface area contributed by atoms with E-state index in [-0.39, 0.29) is 61.3 Å². The average molecular weight is 684 g/mol. The van der Waals surface area contributed by atoms with E-state index in [4.69, 9.17) is 20.9 Å². The molecule has 0 atom stereocenters. The number of H-pyrrole nitrogens is 1. The number of nitrogens with zero attached hydrogens (tertiary/aromatic N) is 1. The predicted molar refractivity (Wildman–Crippen MR) is 179 cm³/mol. The molecule has 0 spiro atoms. The SMILES string of the molecule is CN(CCS(=O)(=O)O)C(=O)CCCCCCC(=O)OCC#Cc1ccc2[nH]cc(C(=O)NCc3ccc(Cl)cc3)c(=O)c2c1C1CC1. The first kappa shape index (κ1) is 35.7. The topological polar surface area (TPSA) is 163 Å². The van der Waals surface area contributed by atoms with Gasteiger partial charge in [0.1, 0.15) is 5.56 Å². The zero-order valence-electron chi connectivity index (χ0n) is 26.1. The van der Waals surface area contributed by atoms with Gasteiger partial charge in [-0.3, -0.25) is 23.7 Å². The molecule has 0 bridgehead atoms. The number of rotatable bonds is 15. The summed E-state index contributed by atoms with van der Waals surface area (Å²) in [5.74, 6) is 4.53. The van der Waals surface area contributed by atoms with Gasteiger partial charge in [0.05, 0.1) is 11.1 Å². The minimum absolute atomic E-state index is 0.0158. The lowest BCUT2D eigenvalue weighted by Gasteiger charge is -2.16. The summed E-state index contributed by atoms with van der Waals surface area (Å²) in [6.45, 7) is 0.0739. The Balaban J connectivity index is 1.27. The van der Waals surface area contributed by atoms with Gasteiger partial charge in [-0.15, -0.1) is 0 Å². The molecule has 13 heteroatoms. The van der Waals surface area contributed by atoms with Gasteiger partial charge in [0.15, 0.2) is 6.61 Å². The van der Waals surface area contributed by atoms with Crippen molar-refractivity contribution in [2.45, 2.75) is 63.8 Å². The largest absolute Gasteiger partial charge is 0.452 e. The Bertz CT molecular complexity index is 1840. The fraction of sp³-hybridized carbons (Fsp3) is 0.412. The zero-order chi connectivity index (χ0) is 34.0. The van der Waals surface area contributed by atoms with Crippen LogP contribution in [0.5, 0.6) is 0 Å². The lowest BCUT2D eigenvalue weighted by atomic mass is 9.96. The Labute approximate surface area is 278 Å². The molecule has 47 heavy (non-hydrogen) atoms. The third kappa shape index (κ3) is 10.9. The molecule has 0 saturated heterocycles. The van der Waals surface area contributed by atoms with Crippen molar-refractivity contribution in [3.05, 3.63) is 80.1 Å². The van der Waals surface area contributed by atoms with Crippen molar-refractivity contribution in [3.8, 4) is 11.8 Å². The number of fused-ring (bicyclic) bond motifs is 1. The number of carbonyl (C=O) groups excluding carboxylic acids is 3. The Morgan fingerprint density at radius 3 is 2.45 bits per heavy atom. The number of benzene rings is 2. The molecule has 250 valence electrons. The number of hydrogen-bond donors (Lipinski definition) is 3. The monoisotopic (exact) mass is 683 g/mol. The van der Waals surface area contributed by atoms with E-state index in [1.165, 1.54) is 18.1 Å². The van der Waals surface area contributed by atoms with Crippen LogP contribution in [0.25, 0.3) is 10.9 Å². The number of nitrogens with one attached hydrogen (secondary N) is 2. The summed E-state index contributed by atoms with van der Waals surface area (Å²) in [6.07, 6.45) is 6.36. The van der Waals surface area contributed by atoms with E-state index in [1.54, 1.807) is 30.3 Å². The summed E-state index contributed by atoms with van der Waals surface area (Å²) in [5.41, 5.74) is 2.59. The van der Waals surface area contributed by atoms with Gasteiger partial charge in [-0.05, 0) is 67.0 Å². The van der Waals surface area contributed by atoms with Gasteiger partial charge >= 0.3 is 5.97 Å². The van der Waals surface area contributed by atoms with Crippen molar-refractivity contribution in [1.82, 2.24) is 15.2 Å². The first-order valence-electron chi connectivity index (χ1n) is 15.5. The summed E-state index contributed by atoms with van der Waals surface area (Å²) in [4.78, 5) is 55.1. The van der Waals surface area contributed by atoms with Gasteiger partial charge in [0.2, 0.25) is 11.3 Å². The molecular weight excluding hydrogens is 646 g/mol. The second kappa shape index (κ2) is 16.6. The van der Waals surface area contributed by atoms with Crippen LogP contribution < -0.4 is 10.7 Å². The fourth-order valence-electron chi connectivity index (χ4n) is 5.08. The smallest absolute Gasteiger partial charge is 0.306 e. The van der Waals surface area contributed by atoms with E-state index in [9.17, 15) is 27.6 Å². The van der Waals surface area contributed by atoms with Crippen molar-refractivity contribution >= 4 is 50.4 Å². The van der Waals surface area contributed by atoms with E-state index in [2.05, 4.69) is 22.1 Å². The molecule has 0 radical (unpaired) electrons. The first-order valence-corrected chi connectivity index (χ1v) is 17.5. The van der Waals surface area contributed by atoms with Crippen LogP contribution in [0.2, 0.25) is 5.02 Å². The normalized spacial score (nSPS) is 12.7. The van der Waals surface area contributed by atoms with Crippen molar-refractivity contribution in [2.75, 3.05) is 26.0 Å². The van der Waals surface area contributed by atoms with Crippen LogP contribution in [0.3, 0.4) is 0 Å². The van der Waals surface area contributed by atoms with Crippen LogP contribution in [0.15, 0.2) is 47.4 Å². The number of amides is 2. The van der Waals surface area contributed by atoms with Crippen molar-refractivity contribution in [3.63, 3.8) is 0 Å². The lowest BCUT2D eigenvalue weighted by Crippen LogP contribution is -2.31. The molecule has 1 fully saturated rings. The van der Waals surface area contributed by atoms with Crippen molar-refractivity contribution < 1.29 is 32.1 Å². The minimum atomic E-state index is -4.12. The van der Waals surface area contributed by atoms with Gasteiger partial charge < -0.3 is 19.9 Å². The van der Waals surface area contributed by atoms with Crippen molar-refractivity contribution in [1.29, 1.82) is 0 Å². The molecule has 3 aromatic rings. The highest BCUT2D eigenvalue weighted by atomic mass is 35.5. The van der Waals surface area contributed by atoms with Gasteiger partial charge in [-0.2, -0.15) is 8.42 Å². The maximum Gasteiger partial charge on any atom is 0.306 e. The summed E-state index contributed by atoms with van der Waals surface area (Å²) in [7, 11) is -2.63. The van der Waals surface area contributed by atoms with Crippen LogP contribution in [0.1, 0.15) is 84.3 Å². The molecule has 1 aliphatic rings. The summed E-state index contributed by atoms with van der Waals surface area (Å²) in [6, 6.07) is 10.7. The van der Waals surface area contributed by atoms with Gasteiger partial charge in [-0.25, -0.2) is 0 Å². The maximum atomic E-state index is 13.6. The zero-order valence-corrected chi connectivity index (χ0v) is 27.7. The van der Waals surface area contributed by atoms with Gasteiger partial charge in [0.25, 0.3) is 16.0 Å².